The Labute approximate surface area is 123 Å². The fraction of sp³-hybridized carbons (Fsp3) is 0.600. The zero-order valence-electron chi connectivity index (χ0n) is 12.1. The maximum Gasteiger partial charge on any atom is 0.124 e. The minimum atomic E-state index is -0.203. The Bertz CT molecular complexity index is 389. The minimum Gasteiger partial charge on any atom is -0.379 e. The number of ether oxygens (including phenoxy) is 1. The lowest BCUT2D eigenvalue weighted by Crippen LogP contribution is -2.39. The van der Waals surface area contributed by atoms with E-state index < -0.39 is 0 Å². The largest absolute Gasteiger partial charge is 0.379 e. The zero-order valence-corrected chi connectivity index (χ0v) is 13.7. The predicted molar refractivity (Wildman–Crippen MR) is 81.0 cm³/mol. The summed E-state index contributed by atoms with van der Waals surface area (Å²) in [6.45, 7) is 7.10. The van der Waals surface area contributed by atoms with E-state index in [1.54, 1.807) is 13.2 Å². The molecule has 1 rings (SSSR count). The summed E-state index contributed by atoms with van der Waals surface area (Å²) in [5.74, 6) is -0.203. The number of hydrogen-bond donors (Lipinski definition) is 1. The third-order valence-corrected chi connectivity index (χ3v) is 3.65. The molecule has 1 unspecified atom stereocenters. The van der Waals surface area contributed by atoms with E-state index in [-0.39, 0.29) is 17.5 Å². The second-order valence-corrected chi connectivity index (χ2v) is 6.32. The first-order chi connectivity index (χ1) is 8.86. The Morgan fingerprint density at radius 2 is 2.05 bits per heavy atom. The highest BCUT2D eigenvalue weighted by Gasteiger charge is 2.22. The van der Waals surface area contributed by atoms with E-state index in [0.29, 0.717) is 0 Å². The van der Waals surface area contributed by atoms with Crippen molar-refractivity contribution in [2.75, 3.05) is 13.7 Å². The molecule has 0 radical (unpaired) electrons. The lowest BCUT2D eigenvalue weighted by molar-refractivity contribution is 0.00726. The molecule has 0 heterocycles. The summed E-state index contributed by atoms with van der Waals surface area (Å²) in [6.07, 6.45) is 1.67. The first kappa shape index (κ1) is 16.6. The Morgan fingerprint density at radius 3 is 2.58 bits per heavy atom. The van der Waals surface area contributed by atoms with Crippen LogP contribution in [0.2, 0.25) is 0 Å². The quantitative estimate of drug-likeness (QED) is 0.817. The topological polar surface area (TPSA) is 21.3 Å². The van der Waals surface area contributed by atoms with Crippen molar-refractivity contribution in [2.24, 2.45) is 0 Å². The van der Waals surface area contributed by atoms with Gasteiger partial charge >= 0.3 is 0 Å². The van der Waals surface area contributed by atoms with Gasteiger partial charge in [0.1, 0.15) is 5.82 Å². The smallest absolute Gasteiger partial charge is 0.124 e. The molecule has 19 heavy (non-hydrogen) atoms. The van der Waals surface area contributed by atoms with Crippen LogP contribution in [-0.2, 0) is 11.2 Å². The van der Waals surface area contributed by atoms with E-state index in [9.17, 15) is 4.39 Å². The molecule has 2 nitrogen and oxygen atoms in total. The van der Waals surface area contributed by atoms with Crippen LogP contribution in [0.25, 0.3) is 0 Å². The van der Waals surface area contributed by atoms with Gasteiger partial charge in [0, 0.05) is 17.6 Å². The van der Waals surface area contributed by atoms with E-state index in [1.807, 2.05) is 6.07 Å². The van der Waals surface area contributed by atoms with Crippen LogP contribution in [0.5, 0.6) is 0 Å². The molecule has 0 aliphatic carbocycles. The first-order valence-corrected chi connectivity index (χ1v) is 7.39. The molecule has 0 amide bonds. The molecular weight excluding hydrogens is 309 g/mol. The molecule has 108 valence electrons. The van der Waals surface area contributed by atoms with Crippen LogP contribution >= 0.6 is 15.9 Å². The van der Waals surface area contributed by atoms with Gasteiger partial charge in [-0.25, -0.2) is 4.39 Å². The summed E-state index contributed by atoms with van der Waals surface area (Å²) >= 11 is 3.33. The Balaban J connectivity index is 2.77. The number of hydrogen-bond acceptors (Lipinski definition) is 2. The van der Waals surface area contributed by atoms with Gasteiger partial charge in [-0.05, 0) is 57.0 Å². The van der Waals surface area contributed by atoms with Crippen molar-refractivity contribution in [3.8, 4) is 0 Å². The Morgan fingerprint density at radius 1 is 1.37 bits per heavy atom. The normalized spacial score (nSPS) is 13.6. The van der Waals surface area contributed by atoms with Crippen LogP contribution in [0.4, 0.5) is 4.39 Å². The van der Waals surface area contributed by atoms with E-state index in [2.05, 4.69) is 42.0 Å². The van der Waals surface area contributed by atoms with Crippen molar-refractivity contribution < 1.29 is 9.13 Å². The number of benzene rings is 1. The lowest BCUT2D eigenvalue weighted by atomic mass is 9.94. The van der Waals surface area contributed by atoms with Crippen LogP contribution < -0.4 is 5.32 Å². The van der Waals surface area contributed by atoms with E-state index in [4.69, 9.17) is 4.74 Å². The van der Waals surface area contributed by atoms with E-state index in [1.165, 1.54) is 6.07 Å². The molecule has 0 saturated carbocycles. The first-order valence-electron chi connectivity index (χ1n) is 6.60. The van der Waals surface area contributed by atoms with Crippen LogP contribution in [0.15, 0.2) is 22.7 Å². The molecule has 1 aromatic carbocycles. The fourth-order valence-electron chi connectivity index (χ4n) is 2.20. The predicted octanol–water partition coefficient (Wildman–Crippen LogP) is 3.92. The Hall–Kier alpha value is -0.450. The number of halogens is 2. The SMILES string of the molecule is CCNC(Cc1cc(F)cc(Br)c1)CC(C)(C)OC. The second-order valence-electron chi connectivity index (χ2n) is 5.40. The van der Waals surface area contributed by atoms with Crippen molar-refractivity contribution in [3.05, 3.63) is 34.1 Å². The summed E-state index contributed by atoms with van der Waals surface area (Å²) in [4.78, 5) is 0. The van der Waals surface area contributed by atoms with Crippen LogP contribution in [0, 0.1) is 5.82 Å². The highest BCUT2D eigenvalue weighted by Crippen LogP contribution is 2.21. The van der Waals surface area contributed by atoms with Gasteiger partial charge in [-0.2, -0.15) is 0 Å². The van der Waals surface area contributed by atoms with Crippen LogP contribution in [0.1, 0.15) is 32.8 Å². The molecule has 4 heteroatoms. The van der Waals surface area contributed by atoms with Crippen molar-refractivity contribution >= 4 is 15.9 Å². The molecule has 0 aliphatic rings. The number of methoxy groups -OCH3 is 1. The maximum atomic E-state index is 13.4. The van der Waals surface area contributed by atoms with Gasteiger partial charge < -0.3 is 10.1 Å². The maximum absolute atomic E-state index is 13.4. The van der Waals surface area contributed by atoms with Crippen LogP contribution in [-0.4, -0.2) is 25.3 Å². The molecule has 1 N–H and O–H groups in total. The lowest BCUT2D eigenvalue weighted by Gasteiger charge is -2.29. The summed E-state index contributed by atoms with van der Waals surface area (Å²) < 4.78 is 19.7. The molecule has 0 aromatic heterocycles. The van der Waals surface area contributed by atoms with Gasteiger partial charge in [-0.1, -0.05) is 22.9 Å². The van der Waals surface area contributed by atoms with Crippen molar-refractivity contribution in [2.45, 2.75) is 45.3 Å². The molecule has 0 bridgehead atoms. The van der Waals surface area contributed by atoms with E-state index >= 15 is 0 Å². The van der Waals surface area contributed by atoms with E-state index in [0.717, 1.165) is 29.4 Å². The third kappa shape index (κ3) is 6.02. The van der Waals surface area contributed by atoms with Gasteiger partial charge in [0.05, 0.1) is 5.60 Å². The number of rotatable bonds is 7. The third-order valence-electron chi connectivity index (χ3n) is 3.19. The van der Waals surface area contributed by atoms with Crippen molar-refractivity contribution in [1.82, 2.24) is 5.32 Å². The van der Waals surface area contributed by atoms with Gasteiger partial charge in [-0.3, -0.25) is 0 Å². The van der Waals surface area contributed by atoms with Crippen molar-refractivity contribution in [1.29, 1.82) is 0 Å². The minimum absolute atomic E-state index is 0.183. The van der Waals surface area contributed by atoms with Crippen LogP contribution in [0.3, 0.4) is 0 Å². The average molecular weight is 332 g/mol. The van der Waals surface area contributed by atoms with Gasteiger partial charge in [-0.15, -0.1) is 0 Å². The number of nitrogens with one attached hydrogen (secondary N) is 1. The summed E-state index contributed by atoms with van der Waals surface area (Å²) in [5, 5.41) is 3.44. The molecule has 1 atom stereocenters. The second kappa shape index (κ2) is 7.36. The highest BCUT2D eigenvalue weighted by atomic mass is 79.9. The summed E-state index contributed by atoms with van der Waals surface area (Å²) in [6, 6.07) is 5.31. The average Bonchev–Trinajstić information content (AvgIpc) is 2.27. The molecule has 1 aromatic rings. The van der Waals surface area contributed by atoms with Crippen molar-refractivity contribution in [3.63, 3.8) is 0 Å². The Kier molecular flexibility index (Phi) is 6.43. The molecule has 0 spiro atoms. The monoisotopic (exact) mass is 331 g/mol. The molecular formula is C15H23BrFNO. The number of likely N-dealkylation sites (N-methyl/N-ethyl adjacent to an activating group) is 1. The zero-order chi connectivity index (χ0) is 14.5. The highest BCUT2D eigenvalue weighted by molar-refractivity contribution is 9.10. The van der Waals surface area contributed by atoms with Gasteiger partial charge in [0.25, 0.3) is 0 Å². The summed E-state index contributed by atoms with van der Waals surface area (Å²) in [7, 11) is 1.72. The molecule has 0 saturated heterocycles. The fourth-order valence-corrected chi connectivity index (χ4v) is 2.71. The van der Waals surface area contributed by atoms with Gasteiger partial charge in [0.2, 0.25) is 0 Å². The standard InChI is InChI=1S/C15H23BrFNO/c1-5-18-14(10-15(2,3)19-4)8-11-6-12(16)9-13(17)7-11/h6-7,9,14,18H,5,8,10H2,1-4H3. The van der Waals surface area contributed by atoms with Gasteiger partial charge in [0.15, 0.2) is 0 Å². The molecule has 0 fully saturated rings. The molecule has 0 aliphatic heterocycles. The summed E-state index contributed by atoms with van der Waals surface area (Å²) in [5.41, 5.74) is 0.807.